The molecular formula is C10H10Cl2FNO2. The van der Waals surface area contributed by atoms with E-state index in [1.807, 2.05) is 0 Å². The summed E-state index contributed by atoms with van der Waals surface area (Å²) < 4.78 is 18.6. The van der Waals surface area contributed by atoms with Gasteiger partial charge in [-0.2, -0.15) is 0 Å². The number of halogens is 3. The Bertz CT molecular complexity index is 410. The molecule has 0 aliphatic carbocycles. The first kappa shape index (κ1) is 13.1. The summed E-state index contributed by atoms with van der Waals surface area (Å²) >= 11 is 10.9. The summed E-state index contributed by atoms with van der Waals surface area (Å²) in [5, 5.41) is 1.39. The lowest BCUT2D eigenvalue weighted by atomic mass is 10.3. The molecule has 1 N–H and O–H groups in total. The van der Waals surface area contributed by atoms with E-state index in [1.165, 1.54) is 6.07 Å². The van der Waals surface area contributed by atoms with Crippen LogP contribution < -0.4 is 10.1 Å². The van der Waals surface area contributed by atoms with E-state index in [-0.39, 0.29) is 16.8 Å². The quantitative estimate of drug-likeness (QED) is 0.662. The van der Waals surface area contributed by atoms with E-state index in [1.54, 1.807) is 13.8 Å². The topological polar surface area (TPSA) is 38.3 Å². The van der Waals surface area contributed by atoms with Crippen molar-refractivity contribution in [2.24, 2.45) is 0 Å². The molecule has 0 aliphatic heterocycles. The minimum atomic E-state index is -0.878. The van der Waals surface area contributed by atoms with Crippen molar-refractivity contribution in [1.29, 1.82) is 0 Å². The van der Waals surface area contributed by atoms with Gasteiger partial charge in [-0.15, -0.1) is 0 Å². The van der Waals surface area contributed by atoms with Crippen molar-refractivity contribution in [3.8, 4) is 5.75 Å². The van der Waals surface area contributed by atoms with Gasteiger partial charge in [-0.3, -0.25) is 4.79 Å². The van der Waals surface area contributed by atoms with Crippen LogP contribution in [0.15, 0.2) is 12.1 Å². The Morgan fingerprint density at radius 3 is 2.62 bits per heavy atom. The molecule has 0 atom stereocenters. The average Bonchev–Trinajstić information content (AvgIpc) is 2.11. The van der Waals surface area contributed by atoms with Crippen LogP contribution in [0, 0.1) is 5.82 Å². The predicted octanol–water partition coefficient (Wildman–Crippen LogP) is 4.04. The van der Waals surface area contributed by atoms with E-state index in [0.717, 1.165) is 6.07 Å². The fourth-order valence-electron chi connectivity index (χ4n) is 1.08. The zero-order valence-corrected chi connectivity index (χ0v) is 10.2. The van der Waals surface area contributed by atoms with Crippen molar-refractivity contribution in [2.45, 2.75) is 20.0 Å². The summed E-state index contributed by atoms with van der Waals surface area (Å²) in [5.74, 6) is -0.381. The number of ether oxygens (including phenoxy) is 1. The number of nitrogens with one attached hydrogen (secondary N) is 1. The van der Waals surface area contributed by atoms with E-state index in [2.05, 4.69) is 5.32 Å². The van der Waals surface area contributed by atoms with E-state index in [0.29, 0.717) is 5.75 Å². The smallest absolute Gasteiger partial charge is 0.318 e. The fraction of sp³-hybridized carbons (Fsp3) is 0.300. The van der Waals surface area contributed by atoms with Crippen LogP contribution in [-0.2, 0) is 0 Å². The Labute approximate surface area is 102 Å². The van der Waals surface area contributed by atoms with E-state index in [4.69, 9.17) is 27.9 Å². The van der Waals surface area contributed by atoms with Crippen molar-refractivity contribution >= 4 is 34.3 Å². The number of rotatable bonds is 3. The molecule has 0 saturated carbocycles. The Hall–Kier alpha value is -1.00. The number of carbonyl (C=O) groups is 1. The van der Waals surface area contributed by atoms with Crippen molar-refractivity contribution in [3.63, 3.8) is 0 Å². The van der Waals surface area contributed by atoms with Crippen molar-refractivity contribution in [3.05, 3.63) is 23.0 Å². The number of benzene rings is 1. The SMILES string of the molecule is CC(C)Oc1cc(NC(=O)Cl)c(F)cc1Cl. The van der Waals surface area contributed by atoms with Gasteiger partial charge in [0.1, 0.15) is 11.6 Å². The first-order valence-electron chi connectivity index (χ1n) is 4.52. The van der Waals surface area contributed by atoms with E-state index < -0.39 is 11.2 Å². The number of anilines is 1. The second-order valence-corrected chi connectivity index (χ2v) is 4.08. The highest BCUT2D eigenvalue weighted by molar-refractivity contribution is 6.65. The summed E-state index contributed by atoms with van der Waals surface area (Å²) in [4.78, 5) is 10.6. The van der Waals surface area contributed by atoms with Crippen LogP contribution in [0.5, 0.6) is 5.75 Å². The first-order chi connectivity index (χ1) is 7.40. The van der Waals surface area contributed by atoms with Crippen LogP contribution in [0.2, 0.25) is 5.02 Å². The average molecular weight is 266 g/mol. The van der Waals surface area contributed by atoms with Crippen LogP contribution in [-0.4, -0.2) is 11.5 Å². The molecule has 0 bridgehead atoms. The van der Waals surface area contributed by atoms with Crippen LogP contribution in [0.4, 0.5) is 14.9 Å². The molecule has 1 amide bonds. The largest absolute Gasteiger partial charge is 0.489 e. The molecule has 0 unspecified atom stereocenters. The van der Waals surface area contributed by atoms with Crippen molar-refractivity contribution in [2.75, 3.05) is 5.32 Å². The molecule has 6 heteroatoms. The van der Waals surface area contributed by atoms with Crippen molar-refractivity contribution < 1.29 is 13.9 Å². The molecule has 0 heterocycles. The molecule has 0 fully saturated rings. The molecule has 1 aromatic rings. The van der Waals surface area contributed by atoms with Crippen LogP contribution in [0.1, 0.15) is 13.8 Å². The lowest BCUT2D eigenvalue weighted by Crippen LogP contribution is -2.08. The van der Waals surface area contributed by atoms with Gasteiger partial charge in [0.25, 0.3) is 0 Å². The normalized spacial score (nSPS) is 10.4. The van der Waals surface area contributed by atoms with Crippen LogP contribution in [0.3, 0.4) is 0 Å². The van der Waals surface area contributed by atoms with Gasteiger partial charge in [-0.1, -0.05) is 11.6 Å². The highest BCUT2D eigenvalue weighted by atomic mass is 35.5. The molecule has 1 rings (SSSR count). The highest BCUT2D eigenvalue weighted by Crippen LogP contribution is 2.31. The summed E-state index contributed by atoms with van der Waals surface area (Å²) in [6, 6.07) is 2.35. The Kier molecular flexibility index (Phi) is 4.38. The lowest BCUT2D eigenvalue weighted by Gasteiger charge is -2.13. The minimum Gasteiger partial charge on any atom is -0.489 e. The monoisotopic (exact) mass is 265 g/mol. The van der Waals surface area contributed by atoms with Gasteiger partial charge in [-0.05, 0) is 31.5 Å². The van der Waals surface area contributed by atoms with Gasteiger partial charge in [-0.25, -0.2) is 4.39 Å². The summed E-state index contributed by atoms with van der Waals surface area (Å²) in [5.41, 5.74) is -0.0694. The molecule has 0 saturated heterocycles. The molecule has 0 spiro atoms. The Morgan fingerprint density at radius 1 is 1.50 bits per heavy atom. The number of hydrogen-bond donors (Lipinski definition) is 1. The third-order valence-electron chi connectivity index (χ3n) is 1.62. The molecular weight excluding hydrogens is 256 g/mol. The van der Waals surface area contributed by atoms with E-state index >= 15 is 0 Å². The van der Waals surface area contributed by atoms with Gasteiger partial charge in [0.15, 0.2) is 0 Å². The molecule has 1 aromatic carbocycles. The van der Waals surface area contributed by atoms with E-state index in [9.17, 15) is 9.18 Å². The maximum atomic E-state index is 13.3. The third-order valence-corrected chi connectivity index (χ3v) is 2.01. The maximum absolute atomic E-state index is 13.3. The zero-order valence-electron chi connectivity index (χ0n) is 8.68. The zero-order chi connectivity index (χ0) is 12.3. The number of amides is 1. The summed E-state index contributed by atoms with van der Waals surface area (Å²) in [6.07, 6.45) is -0.109. The predicted molar refractivity (Wildman–Crippen MR) is 62.0 cm³/mol. The third kappa shape index (κ3) is 3.54. The second-order valence-electron chi connectivity index (χ2n) is 3.33. The molecule has 0 radical (unpaired) electrons. The van der Waals surface area contributed by atoms with Crippen LogP contribution in [0.25, 0.3) is 0 Å². The molecule has 88 valence electrons. The van der Waals surface area contributed by atoms with Gasteiger partial charge in [0.05, 0.1) is 16.8 Å². The standard InChI is InChI=1S/C10H10Cl2FNO2/c1-5(2)16-9-4-8(14-10(12)15)7(13)3-6(9)11/h3-5H,1-2H3,(H,14,15). The number of carbonyl (C=O) groups excluding carboxylic acids is 1. The summed E-state index contributed by atoms with van der Waals surface area (Å²) in [6.45, 7) is 3.61. The van der Waals surface area contributed by atoms with Gasteiger partial charge >= 0.3 is 5.37 Å². The van der Waals surface area contributed by atoms with Gasteiger partial charge < -0.3 is 10.1 Å². The molecule has 0 aromatic heterocycles. The molecule has 3 nitrogen and oxygen atoms in total. The maximum Gasteiger partial charge on any atom is 0.318 e. The second kappa shape index (κ2) is 5.37. The fourth-order valence-corrected chi connectivity index (χ4v) is 1.37. The summed E-state index contributed by atoms with van der Waals surface area (Å²) in [7, 11) is 0. The first-order valence-corrected chi connectivity index (χ1v) is 5.28. The minimum absolute atomic E-state index is 0.0694. The Morgan fingerprint density at radius 2 is 2.12 bits per heavy atom. The van der Waals surface area contributed by atoms with Crippen molar-refractivity contribution in [1.82, 2.24) is 0 Å². The highest BCUT2D eigenvalue weighted by Gasteiger charge is 2.12. The molecule has 16 heavy (non-hydrogen) atoms. The number of hydrogen-bond acceptors (Lipinski definition) is 2. The van der Waals surface area contributed by atoms with Gasteiger partial charge in [0.2, 0.25) is 0 Å². The lowest BCUT2D eigenvalue weighted by molar-refractivity contribution is 0.242. The Balaban J connectivity index is 3.05. The van der Waals surface area contributed by atoms with Gasteiger partial charge in [0, 0.05) is 6.07 Å². The molecule has 0 aliphatic rings. The van der Waals surface area contributed by atoms with Crippen LogP contribution >= 0.6 is 23.2 Å².